The summed E-state index contributed by atoms with van der Waals surface area (Å²) in [6.07, 6.45) is 2.52. The molecule has 1 N–H and O–H groups in total. The van der Waals surface area contributed by atoms with Crippen molar-refractivity contribution in [2.45, 2.75) is 52.9 Å². The lowest BCUT2D eigenvalue weighted by atomic mass is 10.1. The summed E-state index contributed by atoms with van der Waals surface area (Å²) in [7, 11) is 0. The predicted octanol–water partition coefficient (Wildman–Crippen LogP) is 6.14. The van der Waals surface area contributed by atoms with Gasteiger partial charge in [0.25, 0.3) is 0 Å². The first-order chi connectivity index (χ1) is 19.3. The molecule has 3 aromatic heterocycles. The number of benzene rings is 2. The van der Waals surface area contributed by atoms with Crippen LogP contribution in [0.1, 0.15) is 39.6 Å². The summed E-state index contributed by atoms with van der Waals surface area (Å²) in [5, 5.41) is 17.0. The number of aromatic nitrogens is 7. The van der Waals surface area contributed by atoms with E-state index in [0.29, 0.717) is 12.0 Å². The maximum absolute atomic E-state index is 10.6. The number of halogens is 3. The molecule has 5 aromatic rings. The van der Waals surface area contributed by atoms with Crippen LogP contribution in [0.4, 0.5) is 24.8 Å². The number of carboxylic acid groups (broad SMARTS) is 1. The molecule has 0 amide bonds. The van der Waals surface area contributed by atoms with Crippen LogP contribution in [0.3, 0.4) is 0 Å². The molecule has 3 heterocycles. The first-order valence-corrected chi connectivity index (χ1v) is 12.7. The van der Waals surface area contributed by atoms with E-state index in [1.165, 1.54) is 0 Å². The average molecular weight is 567 g/mol. The van der Waals surface area contributed by atoms with Crippen molar-refractivity contribution in [1.82, 2.24) is 34.5 Å². The highest BCUT2D eigenvalue weighted by atomic mass is 19.4. The lowest BCUT2D eigenvalue weighted by Gasteiger charge is -2.27. The van der Waals surface area contributed by atoms with Crippen LogP contribution in [0.25, 0.3) is 27.7 Å². The van der Waals surface area contributed by atoms with Gasteiger partial charge in [-0.05, 0) is 58.9 Å². The molecule has 0 atom stereocenters. The molecule has 10 nitrogen and oxygen atoms in total. The van der Waals surface area contributed by atoms with E-state index in [9.17, 15) is 13.2 Å². The molecule has 41 heavy (non-hydrogen) atoms. The van der Waals surface area contributed by atoms with Crippen LogP contribution in [-0.2, 0) is 4.79 Å². The van der Waals surface area contributed by atoms with Gasteiger partial charge in [0.15, 0.2) is 0 Å². The van der Waals surface area contributed by atoms with Crippen molar-refractivity contribution in [3.8, 4) is 16.8 Å². The topological polar surface area (TPSA) is 115 Å². The van der Waals surface area contributed by atoms with E-state index in [0.717, 1.165) is 39.2 Å². The molecular formula is C28H29F3N8O2. The number of hydrogen-bond donors (Lipinski definition) is 1. The Balaban J connectivity index is 0.000000493. The normalized spacial score (nSPS) is 11.6. The lowest BCUT2D eigenvalue weighted by Crippen LogP contribution is -2.27. The van der Waals surface area contributed by atoms with Gasteiger partial charge in [-0.25, -0.2) is 24.4 Å². The van der Waals surface area contributed by atoms with Gasteiger partial charge in [-0.1, -0.05) is 18.2 Å². The Labute approximate surface area is 234 Å². The number of carboxylic acids is 1. The van der Waals surface area contributed by atoms with Crippen molar-refractivity contribution in [2.24, 2.45) is 0 Å². The number of anilines is 2. The third kappa shape index (κ3) is 6.68. The second-order valence-corrected chi connectivity index (χ2v) is 9.74. The highest BCUT2D eigenvalue weighted by Crippen LogP contribution is 2.31. The molecule has 0 radical (unpaired) electrons. The molecule has 0 bridgehead atoms. The minimum absolute atomic E-state index is 0.160. The maximum Gasteiger partial charge on any atom is 0.490 e. The van der Waals surface area contributed by atoms with Crippen LogP contribution < -0.4 is 4.90 Å². The maximum atomic E-state index is 10.6. The molecule has 0 saturated carbocycles. The summed E-state index contributed by atoms with van der Waals surface area (Å²) in [6, 6.07) is 14.8. The third-order valence-corrected chi connectivity index (χ3v) is 6.01. The van der Waals surface area contributed by atoms with Crippen LogP contribution in [0.5, 0.6) is 0 Å². The molecule has 0 saturated heterocycles. The molecule has 5 rings (SSSR count). The summed E-state index contributed by atoms with van der Waals surface area (Å²) in [6.45, 7) is 10.4. The van der Waals surface area contributed by atoms with Gasteiger partial charge < -0.3 is 10.0 Å². The van der Waals surface area contributed by atoms with Gasteiger partial charge in [0.1, 0.15) is 12.2 Å². The highest BCUT2D eigenvalue weighted by molar-refractivity contribution is 5.93. The minimum Gasteiger partial charge on any atom is -0.475 e. The van der Waals surface area contributed by atoms with E-state index in [2.05, 4.69) is 72.2 Å². The first kappa shape index (κ1) is 29.2. The number of aryl methyl sites for hydroxylation is 1. The molecule has 0 aliphatic carbocycles. The zero-order valence-corrected chi connectivity index (χ0v) is 23.1. The largest absolute Gasteiger partial charge is 0.490 e. The minimum atomic E-state index is -5.08. The predicted molar refractivity (Wildman–Crippen MR) is 148 cm³/mol. The van der Waals surface area contributed by atoms with Gasteiger partial charge in [-0.3, -0.25) is 4.68 Å². The number of aliphatic carboxylic acids is 1. The molecule has 0 unspecified atom stereocenters. The average Bonchev–Trinajstić information content (AvgIpc) is 3.58. The van der Waals surface area contributed by atoms with E-state index in [1.54, 1.807) is 11.0 Å². The van der Waals surface area contributed by atoms with Crippen LogP contribution in [-0.4, -0.2) is 57.8 Å². The summed E-state index contributed by atoms with van der Waals surface area (Å²) in [5.74, 6) is -1.35. The van der Waals surface area contributed by atoms with Gasteiger partial charge in [0.2, 0.25) is 5.95 Å². The summed E-state index contributed by atoms with van der Waals surface area (Å²) < 4.78 is 35.5. The van der Waals surface area contributed by atoms with Gasteiger partial charge in [0.05, 0.1) is 17.4 Å². The van der Waals surface area contributed by atoms with Crippen molar-refractivity contribution >= 4 is 28.5 Å². The molecule has 2 aromatic carbocycles. The molecule has 214 valence electrons. The number of rotatable bonds is 6. The smallest absolute Gasteiger partial charge is 0.475 e. The number of para-hydroxylation sites is 1. The van der Waals surface area contributed by atoms with E-state index in [-0.39, 0.29) is 6.04 Å². The molecule has 13 heteroatoms. The van der Waals surface area contributed by atoms with Gasteiger partial charge in [-0.15, -0.1) is 0 Å². The summed E-state index contributed by atoms with van der Waals surface area (Å²) >= 11 is 0. The van der Waals surface area contributed by atoms with Crippen molar-refractivity contribution in [1.29, 1.82) is 0 Å². The van der Waals surface area contributed by atoms with Crippen LogP contribution in [0.2, 0.25) is 0 Å². The van der Waals surface area contributed by atoms with Crippen molar-refractivity contribution in [3.63, 3.8) is 0 Å². The molecule has 0 spiro atoms. The van der Waals surface area contributed by atoms with E-state index in [4.69, 9.17) is 19.9 Å². The number of carbonyl (C=O) groups is 1. The standard InChI is InChI=1S/C26H28N8.C2HF3O2/c1-17(2)32-15-21(14-29-32)24-8-6-7-20-13-27-26(30-25(20)24)34(18(3)4)23-11-9-22(10-12-23)33-16-28-19(5)31-33;3-2(4,5)1(6)7/h6-18H,1-5H3;(H,6,7). The van der Waals surface area contributed by atoms with Gasteiger partial charge in [-0.2, -0.15) is 23.4 Å². The van der Waals surface area contributed by atoms with Crippen LogP contribution >= 0.6 is 0 Å². The second-order valence-electron chi connectivity index (χ2n) is 9.74. The lowest BCUT2D eigenvalue weighted by molar-refractivity contribution is -0.192. The monoisotopic (exact) mass is 566 g/mol. The quantitative estimate of drug-likeness (QED) is 0.261. The van der Waals surface area contributed by atoms with Crippen LogP contribution in [0, 0.1) is 6.92 Å². The third-order valence-electron chi connectivity index (χ3n) is 6.01. The van der Waals surface area contributed by atoms with E-state index >= 15 is 0 Å². The fraction of sp³-hybridized carbons (Fsp3) is 0.286. The number of alkyl halides is 3. The Morgan fingerprint density at radius 2 is 1.68 bits per heavy atom. The van der Waals surface area contributed by atoms with Crippen molar-refractivity contribution < 1.29 is 23.1 Å². The zero-order valence-electron chi connectivity index (χ0n) is 23.1. The van der Waals surface area contributed by atoms with Gasteiger partial charge in [0, 0.05) is 46.7 Å². The van der Waals surface area contributed by atoms with Gasteiger partial charge >= 0.3 is 12.1 Å². The van der Waals surface area contributed by atoms with E-state index < -0.39 is 12.1 Å². The fourth-order valence-electron chi connectivity index (χ4n) is 4.04. The first-order valence-electron chi connectivity index (χ1n) is 12.7. The Bertz CT molecular complexity index is 1640. The Kier molecular flexibility index (Phi) is 8.36. The summed E-state index contributed by atoms with van der Waals surface area (Å²) in [4.78, 5) is 25.0. The van der Waals surface area contributed by atoms with Crippen molar-refractivity contribution in [3.05, 3.63) is 73.2 Å². The number of fused-ring (bicyclic) bond motifs is 1. The number of nitrogens with zero attached hydrogens (tertiary/aromatic N) is 8. The Morgan fingerprint density at radius 1 is 1.00 bits per heavy atom. The molecular weight excluding hydrogens is 537 g/mol. The fourth-order valence-corrected chi connectivity index (χ4v) is 4.04. The molecule has 0 aliphatic rings. The molecule has 0 aliphatic heterocycles. The SMILES string of the molecule is Cc1ncn(-c2ccc(N(c3ncc4cccc(-c5cnn(C(C)C)c5)c4n3)C(C)C)cc2)n1.O=C(O)C(F)(F)F. The Morgan fingerprint density at radius 3 is 2.22 bits per heavy atom. The van der Waals surface area contributed by atoms with Crippen LogP contribution in [0.15, 0.2) is 67.4 Å². The second kappa shape index (κ2) is 11.7. The number of hydrogen-bond acceptors (Lipinski definition) is 7. The van der Waals surface area contributed by atoms with Crippen molar-refractivity contribution in [2.75, 3.05) is 4.90 Å². The Hall–Kier alpha value is -4.81. The highest BCUT2D eigenvalue weighted by Gasteiger charge is 2.38. The van der Waals surface area contributed by atoms with E-state index in [1.807, 2.05) is 48.3 Å². The molecule has 0 fully saturated rings. The summed E-state index contributed by atoms with van der Waals surface area (Å²) in [5.41, 5.74) is 4.98. The zero-order chi connectivity index (χ0) is 29.9.